The minimum absolute atomic E-state index is 0.110. The van der Waals surface area contributed by atoms with E-state index in [9.17, 15) is 9.59 Å². The van der Waals surface area contributed by atoms with Crippen LogP contribution in [0, 0.1) is 5.92 Å². The van der Waals surface area contributed by atoms with Crippen molar-refractivity contribution in [1.82, 2.24) is 15.6 Å². The van der Waals surface area contributed by atoms with Crippen molar-refractivity contribution in [2.24, 2.45) is 5.92 Å². The van der Waals surface area contributed by atoms with Crippen LogP contribution in [0.2, 0.25) is 0 Å². The van der Waals surface area contributed by atoms with Crippen molar-refractivity contribution >= 4 is 23.4 Å². The van der Waals surface area contributed by atoms with E-state index < -0.39 is 0 Å². The summed E-state index contributed by atoms with van der Waals surface area (Å²) in [5.74, 6) is 1.25. The van der Waals surface area contributed by atoms with E-state index in [1.165, 1.54) is 12.8 Å². The molecule has 1 saturated heterocycles. The van der Waals surface area contributed by atoms with Crippen molar-refractivity contribution in [3.05, 3.63) is 53.7 Å². The van der Waals surface area contributed by atoms with Crippen molar-refractivity contribution in [3.8, 4) is 0 Å². The van der Waals surface area contributed by atoms with E-state index in [-0.39, 0.29) is 11.9 Å². The second-order valence-corrected chi connectivity index (χ2v) is 7.71. The van der Waals surface area contributed by atoms with E-state index >= 15 is 0 Å². The predicted octanol–water partition coefficient (Wildman–Crippen LogP) is 3.39. The van der Waals surface area contributed by atoms with Crippen LogP contribution in [0.15, 0.2) is 42.6 Å². The monoisotopic (exact) mass is 395 g/mol. The van der Waals surface area contributed by atoms with Crippen molar-refractivity contribution in [2.75, 3.05) is 29.9 Å². The SMILES string of the molecule is CC(C)CNC(=O)c1ccc(NC(=O)NCc2ccnc(N3CCCC3)c2)cc1. The normalized spacial score (nSPS) is 13.4. The number of carbonyl (C=O) groups is 2. The topological polar surface area (TPSA) is 86.4 Å². The number of aromatic nitrogens is 1. The molecule has 7 nitrogen and oxygen atoms in total. The first-order chi connectivity index (χ1) is 14.0. The number of hydrogen-bond donors (Lipinski definition) is 3. The molecule has 3 N–H and O–H groups in total. The highest BCUT2D eigenvalue weighted by atomic mass is 16.2. The summed E-state index contributed by atoms with van der Waals surface area (Å²) in [5, 5.41) is 8.52. The smallest absolute Gasteiger partial charge is 0.319 e. The maximum Gasteiger partial charge on any atom is 0.319 e. The number of hydrogen-bond acceptors (Lipinski definition) is 4. The quantitative estimate of drug-likeness (QED) is 0.671. The molecule has 0 aliphatic carbocycles. The first-order valence-corrected chi connectivity index (χ1v) is 10.1. The number of urea groups is 1. The number of amides is 3. The number of nitrogens with zero attached hydrogens (tertiary/aromatic N) is 2. The summed E-state index contributed by atoms with van der Waals surface area (Å²) in [4.78, 5) is 30.9. The Labute approximate surface area is 171 Å². The zero-order valence-corrected chi connectivity index (χ0v) is 17.1. The molecule has 1 aromatic heterocycles. The van der Waals surface area contributed by atoms with Crippen LogP contribution in [0.25, 0.3) is 0 Å². The zero-order chi connectivity index (χ0) is 20.6. The Bertz CT molecular complexity index is 829. The third-order valence-electron chi connectivity index (χ3n) is 4.77. The van der Waals surface area contributed by atoms with Crippen molar-refractivity contribution in [3.63, 3.8) is 0 Å². The number of anilines is 2. The summed E-state index contributed by atoms with van der Waals surface area (Å²) in [6.45, 7) is 7.22. The first-order valence-electron chi connectivity index (χ1n) is 10.1. The summed E-state index contributed by atoms with van der Waals surface area (Å²) < 4.78 is 0. The van der Waals surface area contributed by atoms with Gasteiger partial charge in [-0.05, 0) is 60.7 Å². The van der Waals surface area contributed by atoms with Crippen molar-refractivity contribution in [2.45, 2.75) is 33.2 Å². The summed E-state index contributed by atoms with van der Waals surface area (Å²) in [5.41, 5.74) is 2.22. The van der Waals surface area contributed by atoms with Crippen LogP contribution < -0.4 is 20.9 Å². The third-order valence-corrected chi connectivity index (χ3v) is 4.77. The lowest BCUT2D eigenvalue weighted by Gasteiger charge is -2.17. The fourth-order valence-corrected chi connectivity index (χ4v) is 3.15. The van der Waals surface area contributed by atoms with Crippen LogP contribution in [0.5, 0.6) is 0 Å². The molecule has 0 saturated carbocycles. The minimum atomic E-state index is -0.290. The highest BCUT2D eigenvalue weighted by Crippen LogP contribution is 2.18. The fourth-order valence-electron chi connectivity index (χ4n) is 3.15. The number of nitrogens with one attached hydrogen (secondary N) is 3. The molecule has 1 fully saturated rings. The Morgan fingerprint density at radius 1 is 1.07 bits per heavy atom. The van der Waals surface area contributed by atoms with Crippen LogP contribution in [0.4, 0.5) is 16.3 Å². The van der Waals surface area contributed by atoms with E-state index in [4.69, 9.17) is 0 Å². The van der Waals surface area contributed by atoms with Crippen LogP contribution in [-0.4, -0.2) is 36.6 Å². The zero-order valence-electron chi connectivity index (χ0n) is 17.1. The third kappa shape index (κ3) is 6.20. The van der Waals surface area contributed by atoms with E-state index in [0.717, 1.165) is 24.5 Å². The Hall–Kier alpha value is -3.09. The molecule has 3 amide bonds. The molecule has 154 valence electrons. The second-order valence-electron chi connectivity index (χ2n) is 7.71. The van der Waals surface area contributed by atoms with E-state index in [1.807, 2.05) is 26.0 Å². The molecule has 0 spiro atoms. The molecule has 1 aromatic carbocycles. The van der Waals surface area contributed by atoms with Crippen LogP contribution in [0.1, 0.15) is 42.6 Å². The van der Waals surface area contributed by atoms with E-state index in [0.29, 0.717) is 30.3 Å². The number of benzene rings is 1. The maximum atomic E-state index is 12.2. The highest BCUT2D eigenvalue weighted by molar-refractivity contribution is 5.95. The van der Waals surface area contributed by atoms with Crippen LogP contribution in [0.3, 0.4) is 0 Å². The number of pyridine rings is 1. The average molecular weight is 396 g/mol. The average Bonchev–Trinajstić information content (AvgIpc) is 3.26. The highest BCUT2D eigenvalue weighted by Gasteiger charge is 2.13. The molecule has 3 rings (SSSR count). The molecule has 29 heavy (non-hydrogen) atoms. The summed E-state index contributed by atoms with van der Waals surface area (Å²) in [6.07, 6.45) is 4.18. The van der Waals surface area contributed by atoms with Crippen LogP contribution >= 0.6 is 0 Å². The molecular weight excluding hydrogens is 366 g/mol. The molecule has 7 heteroatoms. The second kappa shape index (κ2) is 9.91. The summed E-state index contributed by atoms with van der Waals surface area (Å²) in [6, 6.07) is 10.5. The first kappa shape index (κ1) is 20.6. The lowest BCUT2D eigenvalue weighted by atomic mass is 10.1. The van der Waals surface area contributed by atoms with Gasteiger partial charge in [0, 0.05) is 43.6 Å². The van der Waals surface area contributed by atoms with Gasteiger partial charge >= 0.3 is 6.03 Å². The standard InChI is InChI=1S/C22H29N5O2/c1-16(2)14-24-21(28)18-5-7-19(8-6-18)26-22(29)25-15-17-9-10-23-20(13-17)27-11-3-4-12-27/h5-10,13,16H,3-4,11-12,14-15H2,1-2H3,(H,24,28)(H2,25,26,29). The van der Waals surface area contributed by atoms with Crippen molar-refractivity contribution in [1.29, 1.82) is 0 Å². The van der Waals surface area contributed by atoms with Gasteiger partial charge < -0.3 is 20.9 Å². The fraction of sp³-hybridized carbons (Fsp3) is 0.409. The summed E-state index contributed by atoms with van der Waals surface area (Å²) in [7, 11) is 0. The molecule has 2 heterocycles. The largest absolute Gasteiger partial charge is 0.357 e. The molecule has 0 radical (unpaired) electrons. The van der Waals surface area contributed by atoms with Gasteiger partial charge in [-0.2, -0.15) is 0 Å². The molecule has 0 atom stereocenters. The summed E-state index contributed by atoms with van der Waals surface area (Å²) >= 11 is 0. The van der Waals surface area contributed by atoms with Gasteiger partial charge in [0.25, 0.3) is 5.91 Å². The van der Waals surface area contributed by atoms with Crippen LogP contribution in [-0.2, 0) is 6.54 Å². The number of carbonyl (C=O) groups excluding carboxylic acids is 2. The molecular formula is C22H29N5O2. The van der Waals surface area contributed by atoms with Gasteiger partial charge in [-0.3, -0.25) is 4.79 Å². The van der Waals surface area contributed by atoms with Crippen molar-refractivity contribution < 1.29 is 9.59 Å². The predicted molar refractivity (Wildman–Crippen MR) is 115 cm³/mol. The molecule has 1 aliphatic rings. The van der Waals surface area contributed by atoms with Gasteiger partial charge in [-0.25, -0.2) is 9.78 Å². The maximum absolute atomic E-state index is 12.2. The molecule has 0 bridgehead atoms. The molecule has 1 aliphatic heterocycles. The Morgan fingerprint density at radius 2 is 1.79 bits per heavy atom. The Kier molecular flexibility index (Phi) is 7.05. The lowest BCUT2D eigenvalue weighted by Crippen LogP contribution is -2.29. The van der Waals surface area contributed by atoms with Gasteiger partial charge in [-0.15, -0.1) is 0 Å². The Balaban J connectivity index is 1.48. The van der Waals surface area contributed by atoms with Gasteiger partial charge in [0.1, 0.15) is 5.82 Å². The minimum Gasteiger partial charge on any atom is -0.357 e. The van der Waals surface area contributed by atoms with E-state index in [2.05, 4.69) is 25.8 Å². The van der Waals surface area contributed by atoms with E-state index in [1.54, 1.807) is 30.5 Å². The Morgan fingerprint density at radius 3 is 2.48 bits per heavy atom. The molecule has 0 unspecified atom stereocenters. The lowest BCUT2D eigenvalue weighted by molar-refractivity contribution is 0.0949. The van der Waals surface area contributed by atoms with Gasteiger partial charge in [0.2, 0.25) is 0 Å². The van der Waals surface area contributed by atoms with Gasteiger partial charge in [0.05, 0.1) is 0 Å². The molecule has 2 aromatic rings. The van der Waals surface area contributed by atoms with Gasteiger partial charge in [-0.1, -0.05) is 13.8 Å². The number of rotatable bonds is 7. The van der Waals surface area contributed by atoms with Gasteiger partial charge in [0.15, 0.2) is 0 Å².